The lowest BCUT2D eigenvalue weighted by Gasteiger charge is -1.96. The Morgan fingerprint density at radius 2 is 2.30 bits per heavy atom. The van der Waals surface area contributed by atoms with Gasteiger partial charge in [0.1, 0.15) is 5.84 Å². The van der Waals surface area contributed by atoms with Gasteiger partial charge in [-0.3, -0.25) is 0 Å². The van der Waals surface area contributed by atoms with Crippen molar-refractivity contribution in [3.63, 3.8) is 0 Å². The first-order chi connectivity index (χ1) is 4.81. The first-order valence-electron chi connectivity index (χ1n) is 3.35. The molecule has 0 bridgehead atoms. The average Bonchev–Trinajstić information content (AvgIpc) is 1.98. The van der Waals surface area contributed by atoms with Crippen molar-refractivity contribution in [2.24, 2.45) is 10.9 Å². The molecule has 0 saturated carbocycles. The Bertz CT molecular complexity index is 106. The summed E-state index contributed by atoms with van der Waals surface area (Å²) in [5.74, 6) is 2.42. The van der Waals surface area contributed by atoms with Crippen LogP contribution in [0.4, 0.5) is 0 Å². The minimum Gasteiger partial charge on any atom is -0.409 e. The van der Waals surface area contributed by atoms with Gasteiger partial charge in [-0.15, -0.1) is 0 Å². The van der Waals surface area contributed by atoms with Gasteiger partial charge in [0.2, 0.25) is 0 Å². The van der Waals surface area contributed by atoms with E-state index in [0.717, 1.165) is 11.5 Å². The predicted molar refractivity (Wildman–Crippen MR) is 45.6 cm³/mol. The zero-order valence-corrected chi connectivity index (χ0v) is 7.02. The number of hydrogen-bond acceptors (Lipinski definition) is 3. The fourth-order valence-electron chi connectivity index (χ4n) is 0.473. The van der Waals surface area contributed by atoms with Gasteiger partial charge in [-0.25, -0.2) is 0 Å². The maximum atomic E-state index is 8.15. The highest BCUT2D eigenvalue weighted by Crippen LogP contribution is 2.03. The molecule has 4 heteroatoms. The van der Waals surface area contributed by atoms with E-state index in [-0.39, 0.29) is 0 Å². The van der Waals surface area contributed by atoms with E-state index >= 15 is 0 Å². The molecule has 0 fully saturated rings. The average molecular weight is 162 g/mol. The lowest BCUT2D eigenvalue weighted by atomic mass is 10.5. The Hall–Kier alpha value is -0.380. The van der Waals surface area contributed by atoms with Gasteiger partial charge in [0.25, 0.3) is 0 Å². The molecule has 0 amide bonds. The molecule has 10 heavy (non-hydrogen) atoms. The number of rotatable bonds is 5. The van der Waals surface area contributed by atoms with Crippen LogP contribution in [0.1, 0.15) is 19.8 Å². The summed E-state index contributed by atoms with van der Waals surface area (Å²) in [6.45, 7) is 2.14. The molecule has 0 unspecified atom stereocenters. The van der Waals surface area contributed by atoms with Crippen molar-refractivity contribution in [3.8, 4) is 0 Å². The van der Waals surface area contributed by atoms with Gasteiger partial charge >= 0.3 is 0 Å². The number of nitrogens with two attached hydrogens (primary N) is 1. The van der Waals surface area contributed by atoms with Gasteiger partial charge in [0, 0.05) is 12.2 Å². The fraction of sp³-hybridized carbons (Fsp3) is 0.833. The summed E-state index contributed by atoms with van der Waals surface area (Å²) >= 11 is 1.82. The standard InChI is InChI=1S/C6H14N2OS/c1-2-4-10-5-3-6(7)8-9/h9H,2-5H2,1H3,(H2,7,8). The summed E-state index contributed by atoms with van der Waals surface area (Å²) in [4.78, 5) is 0. The first-order valence-corrected chi connectivity index (χ1v) is 4.50. The Morgan fingerprint density at radius 1 is 1.60 bits per heavy atom. The number of amidine groups is 1. The van der Waals surface area contributed by atoms with Gasteiger partial charge in [-0.2, -0.15) is 11.8 Å². The van der Waals surface area contributed by atoms with Crippen molar-refractivity contribution >= 4 is 17.6 Å². The summed E-state index contributed by atoms with van der Waals surface area (Å²) in [5.41, 5.74) is 5.24. The van der Waals surface area contributed by atoms with Crippen LogP contribution in [0.15, 0.2) is 5.16 Å². The second-order valence-corrected chi connectivity index (χ2v) is 3.18. The van der Waals surface area contributed by atoms with Crippen LogP contribution in [0.5, 0.6) is 0 Å². The van der Waals surface area contributed by atoms with Crippen molar-refractivity contribution < 1.29 is 5.21 Å². The molecule has 0 aromatic carbocycles. The summed E-state index contributed by atoms with van der Waals surface area (Å²) in [6.07, 6.45) is 1.86. The predicted octanol–water partition coefficient (Wildman–Crippen LogP) is 1.27. The number of hydrogen-bond donors (Lipinski definition) is 2. The van der Waals surface area contributed by atoms with Crippen LogP contribution in [0.2, 0.25) is 0 Å². The molecule has 0 heterocycles. The van der Waals surface area contributed by atoms with E-state index in [2.05, 4.69) is 12.1 Å². The molecule has 0 spiro atoms. The molecule has 0 rings (SSSR count). The monoisotopic (exact) mass is 162 g/mol. The zero-order valence-electron chi connectivity index (χ0n) is 6.21. The third kappa shape index (κ3) is 5.75. The second-order valence-electron chi connectivity index (χ2n) is 1.95. The third-order valence-corrected chi connectivity index (χ3v) is 2.17. The van der Waals surface area contributed by atoms with Crippen molar-refractivity contribution in [3.05, 3.63) is 0 Å². The molecule has 60 valence electrons. The quantitative estimate of drug-likeness (QED) is 0.210. The largest absolute Gasteiger partial charge is 0.409 e. The highest BCUT2D eigenvalue weighted by molar-refractivity contribution is 7.99. The van der Waals surface area contributed by atoms with Crippen LogP contribution in [-0.4, -0.2) is 22.5 Å². The maximum absolute atomic E-state index is 8.15. The van der Waals surface area contributed by atoms with E-state index in [4.69, 9.17) is 10.9 Å². The van der Waals surface area contributed by atoms with Crippen molar-refractivity contribution in [1.29, 1.82) is 0 Å². The van der Waals surface area contributed by atoms with Crippen LogP contribution < -0.4 is 5.73 Å². The minimum absolute atomic E-state index is 0.323. The van der Waals surface area contributed by atoms with Gasteiger partial charge in [-0.05, 0) is 12.2 Å². The molecule has 0 aliphatic heterocycles. The Kier molecular flexibility index (Phi) is 6.48. The molecule has 3 N–H and O–H groups in total. The highest BCUT2D eigenvalue weighted by atomic mass is 32.2. The van der Waals surface area contributed by atoms with E-state index in [9.17, 15) is 0 Å². The van der Waals surface area contributed by atoms with Crippen molar-refractivity contribution in [1.82, 2.24) is 0 Å². The minimum atomic E-state index is 0.323. The number of oxime groups is 1. The maximum Gasteiger partial charge on any atom is 0.139 e. The van der Waals surface area contributed by atoms with Crippen LogP contribution in [0, 0.1) is 0 Å². The lowest BCUT2D eigenvalue weighted by Crippen LogP contribution is -2.12. The van der Waals surface area contributed by atoms with E-state index in [1.807, 2.05) is 11.8 Å². The van der Waals surface area contributed by atoms with Gasteiger partial charge < -0.3 is 10.9 Å². The third-order valence-electron chi connectivity index (χ3n) is 0.979. The molecule has 0 radical (unpaired) electrons. The summed E-state index contributed by atoms with van der Waals surface area (Å²) in [7, 11) is 0. The summed E-state index contributed by atoms with van der Waals surface area (Å²) in [6, 6.07) is 0. The van der Waals surface area contributed by atoms with Crippen LogP contribution >= 0.6 is 11.8 Å². The lowest BCUT2D eigenvalue weighted by molar-refractivity contribution is 0.317. The van der Waals surface area contributed by atoms with E-state index in [1.165, 1.54) is 6.42 Å². The van der Waals surface area contributed by atoms with E-state index < -0.39 is 0 Å². The van der Waals surface area contributed by atoms with Crippen LogP contribution in [0.25, 0.3) is 0 Å². The zero-order chi connectivity index (χ0) is 7.82. The Morgan fingerprint density at radius 3 is 2.80 bits per heavy atom. The molecule has 0 saturated heterocycles. The van der Waals surface area contributed by atoms with E-state index in [1.54, 1.807) is 0 Å². The molecule has 0 aliphatic rings. The normalized spacial score (nSPS) is 11.9. The SMILES string of the molecule is CCCSCC/C(N)=N/O. The van der Waals surface area contributed by atoms with Crippen LogP contribution in [0.3, 0.4) is 0 Å². The van der Waals surface area contributed by atoms with Gasteiger partial charge in [0.15, 0.2) is 0 Å². The molecule has 3 nitrogen and oxygen atoms in total. The van der Waals surface area contributed by atoms with E-state index in [0.29, 0.717) is 12.3 Å². The number of nitrogens with zero attached hydrogens (tertiary/aromatic N) is 1. The van der Waals surface area contributed by atoms with Crippen LogP contribution in [-0.2, 0) is 0 Å². The molecular weight excluding hydrogens is 148 g/mol. The number of thioether (sulfide) groups is 1. The summed E-state index contributed by atoms with van der Waals surface area (Å²) in [5, 5.41) is 11.0. The molecular formula is C6H14N2OS. The van der Waals surface area contributed by atoms with Gasteiger partial charge in [0.05, 0.1) is 0 Å². The molecule has 0 atom stereocenters. The van der Waals surface area contributed by atoms with Crippen molar-refractivity contribution in [2.75, 3.05) is 11.5 Å². The summed E-state index contributed by atoms with van der Waals surface area (Å²) < 4.78 is 0. The molecule has 0 aromatic heterocycles. The van der Waals surface area contributed by atoms with Crippen molar-refractivity contribution in [2.45, 2.75) is 19.8 Å². The topological polar surface area (TPSA) is 58.6 Å². The Balaban J connectivity index is 3.04. The smallest absolute Gasteiger partial charge is 0.139 e. The molecule has 0 aromatic rings. The fourth-order valence-corrected chi connectivity index (χ4v) is 1.32. The highest BCUT2D eigenvalue weighted by Gasteiger charge is 1.91. The molecule has 0 aliphatic carbocycles. The first kappa shape index (κ1) is 9.62. The second kappa shape index (κ2) is 6.74. The van der Waals surface area contributed by atoms with Gasteiger partial charge in [-0.1, -0.05) is 12.1 Å². The Labute approximate surface area is 65.7 Å².